The monoisotopic (exact) mass is 436 g/mol. The number of carboxylic acid groups (broad SMARTS) is 1. The van der Waals surface area contributed by atoms with Crippen LogP contribution in [0.25, 0.3) is 10.9 Å². The van der Waals surface area contributed by atoms with Crippen molar-refractivity contribution in [1.29, 1.82) is 0 Å². The molecule has 1 aromatic heterocycles. The van der Waals surface area contributed by atoms with Crippen LogP contribution in [0.15, 0.2) is 54.7 Å². The lowest BCUT2D eigenvalue weighted by Gasteiger charge is -2.26. The summed E-state index contributed by atoms with van der Waals surface area (Å²) in [6.07, 6.45) is 2.47. The van der Waals surface area contributed by atoms with Gasteiger partial charge in [0.1, 0.15) is 11.8 Å². The summed E-state index contributed by atoms with van der Waals surface area (Å²) >= 11 is 0. The highest BCUT2D eigenvalue weighted by molar-refractivity contribution is 5.88. The topological polar surface area (TPSA) is 133 Å². The number of hydrogen-bond acceptors (Lipinski definition) is 4. The first-order valence-electron chi connectivity index (χ1n) is 10.3. The number of carboxylic acids is 1. The van der Waals surface area contributed by atoms with Crippen LogP contribution in [0.4, 0.5) is 4.79 Å². The number of carbonyl (C=O) groups is 3. The van der Waals surface area contributed by atoms with Crippen molar-refractivity contribution in [2.75, 3.05) is 13.2 Å². The molecule has 0 saturated carbocycles. The third-order valence-corrected chi connectivity index (χ3v) is 5.41. The first-order chi connectivity index (χ1) is 15.5. The lowest BCUT2D eigenvalue weighted by molar-refractivity contribution is -0.139. The maximum atomic E-state index is 12.3. The van der Waals surface area contributed by atoms with E-state index in [0.29, 0.717) is 13.0 Å². The zero-order valence-corrected chi connectivity index (χ0v) is 17.3. The summed E-state index contributed by atoms with van der Waals surface area (Å²) in [5, 5.41) is 18.2. The Bertz CT molecular complexity index is 1140. The molecule has 2 aromatic carbocycles. The summed E-state index contributed by atoms with van der Waals surface area (Å²) in [6.45, 7) is 0.217. The van der Waals surface area contributed by atoms with Gasteiger partial charge in [-0.3, -0.25) is 4.79 Å². The molecular formula is C23H24N4O5. The smallest absolute Gasteiger partial charge is 0.326 e. The number of fused-ring (bicyclic) bond motifs is 2. The van der Waals surface area contributed by atoms with Crippen molar-refractivity contribution < 1.29 is 24.2 Å². The SMILES string of the molecule is O=C(CNC(=O)N[C@H](Cc1c[nH]c2ccccc12)C(=O)O)N[C@H]1CCOc2ccccc21. The number of nitrogens with one attached hydrogen (secondary N) is 4. The van der Waals surface area contributed by atoms with E-state index < -0.39 is 18.0 Å². The molecule has 4 rings (SSSR count). The molecule has 3 aromatic rings. The van der Waals surface area contributed by atoms with Gasteiger partial charge in [-0.1, -0.05) is 36.4 Å². The van der Waals surface area contributed by atoms with E-state index in [1.54, 1.807) is 6.20 Å². The number of amides is 3. The molecule has 1 aliphatic heterocycles. The predicted molar refractivity (Wildman–Crippen MR) is 117 cm³/mol. The maximum Gasteiger partial charge on any atom is 0.326 e. The van der Waals surface area contributed by atoms with Gasteiger partial charge in [-0.05, 0) is 17.7 Å². The van der Waals surface area contributed by atoms with E-state index >= 15 is 0 Å². The highest BCUT2D eigenvalue weighted by Gasteiger charge is 2.24. The Balaban J connectivity index is 1.30. The molecule has 9 nitrogen and oxygen atoms in total. The minimum absolute atomic E-state index is 0.109. The summed E-state index contributed by atoms with van der Waals surface area (Å²) < 4.78 is 5.58. The quantitative estimate of drug-likeness (QED) is 0.387. The molecule has 0 bridgehead atoms. The largest absolute Gasteiger partial charge is 0.493 e. The van der Waals surface area contributed by atoms with Crippen LogP contribution in [0.5, 0.6) is 5.75 Å². The number of urea groups is 1. The average molecular weight is 436 g/mol. The number of ether oxygens (including phenoxy) is 1. The average Bonchev–Trinajstić information content (AvgIpc) is 3.20. The van der Waals surface area contributed by atoms with Crippen molar-refractivity contribution >= 4 is 28.8 Å². The maximum absolute atomic E-state index is 12.3. The molecule has 0 fully saturated rings. The molecule has 32 heavy (non-hydrogen) atoms. The van der Waals surface area contributed by atoms with Gasteiger partial charge in [0.05, 0.1) is 19.2 Å². The molecule has 166 valence electrons. The normalized spacial score (nSPS) is 15.8. The van der Waals surface area contributed by atoms with Crippen LogP contribution in [-0.2, 0) is 16.0 Å². The van der Waals surface area contributed by atoms with Crippen molar-refractivity contribution in [2.45, 2.75) is 24.9 Å². The van der Waals surface area contributed by atoms with E-state index in [4.69, 9.17) is 4.74 Å². The number of carbonyl (C=O) groups excluding carboxylic acids is 2. The second-order valence-corrected chi connectivity index (χ2v) is 7.58. The number of aromatic nitrogens is 1. The van der Waals surface area contributed by atoms with Gasteiger partial charge in [0.25, 0.3) is 0 Å². The number of para-hydroxylation sites is 2. The first kappa shape index (κ1) is 21.2. The van der Waals surface area contributed by atoms with Gasteiger partial charge in [-0.25, -0.2) is 9.59 Å². The van der Waals surface area contributed by atoms with E-state index in [9.17, 15) is 19.5 Å². The van der Waals surface area contributed by atoms with Gasteiger partial charge in [0, 0.05) is 35.5 Å². The Morgan fingerprint density at radius 3 is 2.75 bits per heavy atom. The zero-order valence-electron chi connectivity index (χ0n) is 17.3. The lowest BCUT2D eigenvalue weighted by Crippen LogP contribution is -2.49. The summed E-state index contributed by atoms with van der Waals surface area (Å²) in [5.74, 6) is -0.796. The molecule has 2 atom stereocenters. The molecule has 5 N–H and O–H groups in total. The Morgan fingerprint density at radius 1 is 1.12 bits per heavy atom. The lowest BCUT2D eigenvalue weighted by atomic mass is 10.0. The van der Waals surface area contributed by atoms with Crippen LogP contribution in [0.2, 0.25) is 0 Å². The highest BCUT2D eigenvalue weighted by Crippen LogP contribution is 2.31. The van der Waals surface area contributed by atoms with Crippen LogP contribution < -0.4 is 20.7 Å². The highest BCUT2D eigenvalue weighted by atomic mass is 16.5. The molecule has 3 amide bonds. The summed E-state index contributed by atoms with van der Waals surface area (Å²) in [4.78, 5) is 39.3. The standard InChI is InChI=1S/C23H24N4O5/c28-21(26-18-9-10-32-20-8-4-2-6-16(18)20)13-25-23(31)27-19(22(29)30)11-14-12-24-17-7-3-1-5-15(14)17/h1-8,12,18-19,24H,9-11,13H2,(H,26,28)(H,29,30)(H2,25,27,31)/t18-,19+/m0/s1. The Hall–Kier alpha value is -4.01. The molecule has 0 saturated heterocycles. The van der Waals surface area contributed by atoms with Gasteiger partial charge in [0.2, 0.25) is 5.91 Å². The van der Waals surface area contributed by atoms with Gasteiger partial charge in [0.15, 0.2) is 0 Å². The Morgan fingerprint density at radius 2 is 1.91 bits per heavy atom. The molecule has 0 spiro atoms. The third kappa shape index (κ3) is 4.83. The summed E-state index contributed by atoms with van der Waals surface area (Å²) in [5.41, 5.74) is 2.56. The van der Waals surface area contributed by atoms with Gasteiger partial charge >= 0.3 is 12.0 Å². The molecular weight excluding hydrogens is 412 g/mol. The Labute approximate surface area is 184 Å². The van der Waals surface area contributed by atoms with Gasteiger partial charge < -0.3 is 30.8 Å². The fourth-order valence-electron chi connectivity index (χ4n) is 3.83. The number of hydrogen-bond donors (Lipinski definition) is 5. The van der Waals surface area contributed by atoms with Crippen LogP contribution in [0.1, 0.15) is 23.6 Å². The summed E-state index contributed by atoms with van der Waals surface area (Å²) in [7, 11) is 0. The fourth-order valence-corrected chi connectivity index (χ4v) is 3.83. The van der Waals surface area contributed by atoms with Crippen LogP contribution in [-0.4, -0.2) is 47.2 Å². The molecule has 0 aliphatic carbocycles. The summed E-state index contributed by atoms with van der Waals surface area (Å²) in [6, 6.07) is 12.9. The van der Waals surface area contributed by atoms with Gasteiger partial charge in [-0.15, -0.1) is 0 Å². The van der Waals surface area contributed by atoms with Crippen LogP contribution in [0.3, 0.4) is 0 Å². The minimum atomic E-state index is -1.16. The second-order valence-electron chi connectivity index (χ2n) is 7.58. The van der Waals surface area contributed by atoms with Crippen molar-refractivity contribution in [3.8, 4) is 5.75 Å². The number of benzene rings is 2. The van der Waals surface area contributed by atoms with E-state index in [0.717, 1.165) is 27.8 Å². The zero-order chi connectivity index (χ0) is 22.5. The number of aliphatic carboxylic acids is 1. The van der Waals surface area contributed by atoms with Crippen molar-refractivity contribution in [3.05, 3.63) is 65.9 Å². The number of rotatable bonds is 7. The fraction of sp³-hybridized carbons (Fsp3) is 0.261. The van der Waals surface area contributed by atoms with E-state index in [1.807, 2.05) is 48.5 Å². The number of aromatic amines is 1. The van der Waals surface area contributed by atoms with Crippen molar-refractivity contribution in [2.24, 2.45) is 0 Å². The van der Waals surface area contributed by atoms with E-state index in [1.165, 1.54) is 0 Å². The molecule has 2 heterocycles. The van der Waals surface area contributed by atoms with Crippen molar-refractivity contribution in [1.82, 2.24) is 20.9 Å². The van der Waals surface area contributed by atoms with Crippen molar-refractivity contribution in [3.63, 3.8) is 0 Å². The van der Waals surface area contributed by atoms with E-state index in [-0.39, 0.29) is 24.9 Å². The van der Waals surface area contributed by atoms with Gasteiger partial charge in [-0.2, -0.15) is 0 Å². The minimum Gasteiger partial charge on any atom is -0.493 e. The Kier molecular flexibility index (Phi) is 6.25. The molecule has 1 aliphatic rings. The molecule has 0 radical (unpaired) electrons. The van der Waals surface area contributed by atoms with Crippen LogP contribution >= 0.6 is 0 Å². The van der Waals surface area contributed by atoms with E-state index in [2.05, 4.69) is 20.9 Å². The molecule has 9 heteroatoms. The third-order valence-electron chi connectivity index (χ3n) is 5.41. The second kappa shape index (κ2) is 9.42. The van der Waals surface area contributed by atoms with Crippen LogP contribution in [0, 0.1) is 0 Å². The number of H-pyrrole nitrogens is 1. The molecule has 0 unspecified atom stereocenters. The first-order valence-corrected chi connectivity index (χ1v) is 10.3. The predicted octanol–water partition coefficient (Wildman–Crippen LogP) is 2.10.